The molecule has 0 radical (unpaired) electrons. The zero-order chi connectivity index (χ0) is 19.1. The molecule has 1 aliphatic carbocycles. The van der Waals surface area contributed by atoms with E-state index in [0.29, 0.717) is 5.56 Å². The molecular weight excluding hydrogens is 353 g/mol. The lowest BCUT2D eigenvalue weighted by atomic mass is 9.90. The standard InChI is InChI=1S/C19H22FN3O4/c20-12-6-4-5-11(9-12)16-15-17(27-22(16)10-14(21)24)19(26)23(18(15)25)13-7-2-1-3-8-13/h4-6,9,13,15-17H,1-3,7-8,10H2,(H2,21,24). The number of nitrogens with zero attached hydrogens (tertiary/aromatic N) is 2. The van der Waals surface area contributed by atoms with Gasteiger partial charge in [0.2, 0.25) is 11.8 Å². The third-order valence-corrected chi connectivity index (χ3v) is 5.67. The van der Waals surface area contributed by atoms with Gasteiger partial charge in [0.15, 0.2) is 6.10 Å². The number of hydrogen-bond donors (Lipinski definition) is 1. The molecule has 2 N–H and O–H groups in total. The Labute approximate surface area is 156 Å². The van der Waals surface area contributed by atoms with Crippen LogP contribution >= 0.6 is 0 Å². The van der Waals surface area contributed by atoms with Crippen LogP contribution in [0.2, 0.25) is 0 Å². The van der Waals surface area contributed by atoms with E-state index in [4.69, 9.17) is 10.6 Å². The van der Waals surface area contributed by atoms with E-state index in [9.17, 15) is 18.8 Å². The number of fused-ring (bicyclic) bond motifs is 1. The summed E-state index contributed by atoms with van der Waals surface area (Å²) in [6, 6.07) is 4.94. The number of likely N-dealkylation sites (tertiary alicyclic amines) is 1. The molecule has 2 aliphatic heterocycles. The van der Waals surface area contributed by atoms with Crippen LogP contribution < -0.4 is 5.73 Å². The maximum absolute atomic E-state index is 13.8. The van der Waals surface area contributed by atoms with E-state index >= 15 is 0 Å². The summed E-state index contributed by atoms with van der Waals surface area (Å²) in [5.74, 6) is -2.60. The van der Waals surface area contributed by atoms with Crippen molar-refractivity contribution in [1.82, 2.24) is 9.96 Å². The van der Waals surface area contributed by atoms with Gasteiger partial charge < -0.3 is 5.73 Å². The summed E-state index contributed by atoms with van der Waals surface area (Å²) in [5.41, 5.74) is 5.77. The van der Waals surface area contributed by atoms with Crippen molar-refractivity contribution in [1.29, 1.82) is 0 Å². The number of primary amides is 1. The third-order valence-electron chi connectivity index (χ3n) is 5.67. The van der Waals surface area contributed by atoms with Crippen LogP contribution in [-0.2, 0) is 19.2 Å². The molecule has 7 nitrogen and oxygen atoms in total. The second kappa shape index (κ2) is 7.01. The Kier molecular flexibility index (Phi) is 4.69. The number of rotatable bonds is 4. The lowest BCUT2D eigenvalue weighted by Crippen LogP contribution is -2.45. The molecule has 27 heavy (non-hydrogen) atoms. The largest absolute Gasteiger partial charge is 0.368 e. The molecular formula is C19H22FN3O4. The Morgan fingerprint density at radius 2 is 1.93 bits per heavy atom. The summed E-state index contributed by atoms with van der Waals surface area (Å²) in [7, 11) is 0. The highest BCUT2D eigenvalue weighted by Gasteiger charge is 2.60. The van der Waals surface area contributed by atoms with Gasteiger partial charge in [-0.15, -0.1) is 0 Å². The number of nitrogens with two attached hydrogens (primary N) is 1. The minimum atomic E-state index is -0.993. The molecule has 1 aromatic carbocycles. The fourth-order valence-corrected chi connectivity index (χ4v) is 4.54. The van der Waals surface area contributed by atoms with Gasteiger partial charge in [-0.05, 0) is 30.5 Å². The fraction of sp³-hybridized carbons (Fsp3) is 0.526. The number of halogens is 1. The first-order chi connectivity index (χ1) is 13.0. The summed E-state index contributed by atoms with van der Waals surface area (Å²) in [6.07, 6.45) is 3.68. The zero-order valence-corrected chi connectivity index (χ0v) is 14.8. The highest BCUT2D eigenvalue weighted by molar-refractivity contribution is 6.07. The smallest absolute Gasteiger partial charge is 0.261 e. The summed E-state index contributed by atoms with van der Waals surface area (Å²) in [4.78, 5) is 44.6. The lowest BCUT2D eigenvalue weighted by molar-refractivity contribution is -0.183. The van der Waals surface area contributed by atoms with E-state index in [1.54, 1.807) is 6.07 Å². The van der Waals surface area contributed by atoms with Gasteiger partial charge in [-0.3, -0.25) is 24.1 Å². The molecule has 8 heteroatoms. The van der Waals surface area contributed by atoms with Gasteiger partial charge in [0.25, 0.3) is 5.91 Å². The maximum atomic E-state index is 13.8. The minimum absolute atomic E-state index is 0.106. The van der Waals surface area contributed by atoms with Gasteiger partial charge in [-0.2, -0.15) is 5.06 Å². The van der Waals surface area contributed by atoms with E-state index in [2.05, 4.69) is 0 Å². The molecule has 2 saturated heterocycles. The lowest BCUT2D eigenvalue weighted by Gasteiger charge is -2.32. The Morgan fingerprint density at radius 1 is 1.19 bits per heavy atom. The van der Waals surface area contributed by atoms with Crippen molar-refractivity contribution in [2.75, 3.05) is 6.54 Å². The molecule has 0 bridgehead atoms. The average Bonchev–Trinajstić information content (AvgIpc) is 3.11. The molecule has 3 amide bonds. The molecule has 3 unspecified atom stereocenters. The minimum Gasteiger partial charge on any atom is -0.368 e. The molecule has 0 aromatic heterocycles. The number of carbonyl (C=O) groups excluding carboxylic acids is 3. The molecule has 3 aliphatic rings. The van der Waals surface area contributed by atoms with Crippen molar-refractivity contribution in [3.63, 3.8) is 0 Å². The molecule has 0 spiro atoms. The van der Waals surface area contributed by atoms with Gasteiger partial charge in [-0.25, -0.2) is 4.39 Å². The Hall–Kier alpha value is -2.32. The van der Waals surface area contributed by atoms with E-state index in [1.807, 2.05) is 0 Å². The van der Waals surface area contributed by atoms with Crippen LogP contribution in [-0.4, -0.2) is 46.4 Å². The molecule has 1 aromatic rings. The van der Waals surface area contributed by atoms with Crippen LogP contribution in [0.4, 0.5) is 4.39 Å². The predicted molar refractivity (Wildman–Crippen MR) is 92.1 cm³/mol. The first-order valence-corrected chi connectivity index (χ1v) is 9.31. The second-order valence-corrected chi connectivity index (χ2v) is 7.43. The van der Waals surface area contributed by atoms with E-state index in [-0.39, 0.29) is 24.4 Å². The topological polar surface area (TPSA) is 92.9 Å². The van der Waals surface area contributed by atoms with E-state index < -0.39 is 29.8 Å². The summed E-state index contributed by atoms with van der Waals surface area (Å²) < 4.78 is 13.8. The Bertz CT molecular complexity index is 780. The maximum Gasteiger partial charge on any atom is 0.261 e. The van der Waals surface area contributed by atoms with Gasteiger partial charge in [0.05, 0.1) is 12.0 Å². The number of hydrogen-bond acceptors (Lipinski definition) is 5. The number of imide groups is 1. The molecule has 2 heterocycles. The first kappa shape index (κ1) is 18.1. The van der Waals surface area contributed by atoms with Crippen molar-refractivity contribution < 1.29 is 23.6 Å². The molecule has 1 saturated carbocycles. The molecule has 4 rings (SSSR count). The van der Waals surface area contributed by atoms with Crippen molar-refractivity contribution in [2.45, 2.75) is 50.3 Å². The monoisotopic (exact) mass is 375 g/mol. The number of carbonyl (C=O) groups is 3. The van der Waals surface area contributed by atoms with Crippen molar-refractivity contribution in [3.8, 4) is 0 Å². The van der Waals surface area contributed by atoms with Crippen LogP contribution in [0.3, 0.4) is 0 Å². The highest BCUT2D eigenvalue weighted by Crippen LogP contribution is 2.45. The average molecular weight is 375 g/mol. The quantitative estimate of drug-likeness (QED) is 0.801. The van der Waals surface area contributed by atoms with Gasteiger partial charge in [-0.1, -0.05) is 31.4 Å². The number of hydroxylamine groups is 2. The number of benzene rings is 1. The molecule has 3 atom stereocenters. The van der Waals surface area contributed by atoms with Crippen LogP contribution in [0, 0.1) is 11.7 Å². The SMILES string of the molecule is NC(=O)CN1OC2C(=O)N(C3CCCCC3)C(=O)C2C1c1cccc(F)c1. The zero-order valence-electron chi connectivity index (χ0n) is 14.8. The summed E-state index contributed by atoms with van der Waals surface area (Å²) in [5, 5.41) is 1.25. The number of amides is 3. The normalized spacial score (nSPS) is 29.4. The predicted octanol–water partition coefficient (Wildman–Crippen LogP) is 1.29. The summed E-state index contributed by atoms with van der Waals surface area (Å²) >= 11 is 0. The summed E-state index contributed by atoms with van der Waals surface area (Å²) in [6.45, 7) is -0.280. The first-order valence-electron chi connectivity index (χ1n) is 9.31. The van der Waals surface area contributed by atoms with Gasteiger partial charge >= 0.3 is 0 Å². The van der Waals surface area contributed by atoms with Crippen molar-refractivity contribution in [3.05, 3.63) is 35.6 Å². The second-order valence-electron chi connectivity index (χ2n) is 7.43. The van der Waals surface area contributed by atoms with Gasteiger partial charge in [0.1, 0.15) is 12.4 Å². The van der Waals surface area contributed by atoms with Crippen LogP contribution in [0.25, 0.3) is 0 Å². The van der Waals surface area contributed by atoms with Crippen LogP contribution in [0.5, 0.6) is 0 Å². The van der Waals surface area contributed by atoms with Gasteiger partial charge in [0, 0.05) is 6.04 Å². The van der Waals surface area contributed by atoms with Crippen molar-refractivity contribution >= 4 is 17.7 Å². The van der Waals surface area contributed by atoms with E-state index in [0.717, 1.165) is 32.1 Å². The third kappa shape index (κ3) is 3.12. The highest BCUT2D eigenvalue weighted by atomic mass is 19.1. The fourth-order valence-electron chi connectivity index (χ4n) is 4.54. The Morgan fingerprint density at radius 3 is 2.59 bits per heavy atom. The molecule has 3 fully saturated rings. The van der Waals surface area contributed by atoms with Crippen LogP contribution in [0.15, 0.2) is 24.3 Å². The molecule has 144 valence electrons. The Balaban J connectivity index is 1.68. The van der Waals surface area contributed by atoms with Crippen LogP contribution in [0.1, 0.15) is 43.7 Å². The van der Waals surface area contributed by atoms with Crippen molar-refractivity contribution in [2.24, 2.45) is 11.7 Å². The van der Waals surface area contributed by atoms with E-state index in [1.165, 1.54) is 28.2 Å².